The van der Waals surface area contributed by atoms with Gasteiger partial charge in [-0.2, -0.15) is 5.10 Å². The third-order valence-electron chi connectivity index (χ3n) is 5.91. The minimum Gasteiger partial charge on any atom is -0.348 e. The van der Waals surface area contributed by atoms with Gasteiger partial charge in [0, 0.05) is 41.7 Å². The molecule has 7 nitrogen and oxygen atoms in total. The molecule has 0 aliphatic carbocycles. The number of benzene rings is 3. The Morgan fingerprint density at radius 1 is 0.882 bits per heavy atom. The van der Waals surface area contributed by atoms with Gasteiger partial charge in [-0.25, -0.2) is 0 Å². The lowest BCUT2D eigenvalue weighted by Gasteiger charge is -2.18. The van der Waals surface area contributed by atoms with Crippen LogP contribution in [0.25, 0.3) is 11.3 Å². The second-order valence-corrected chi connectivity index (χ2v) is 8.29. The predicted octanol–water partition coefficient (Wildman–Crippen LogP) is 3.90. The van der Waals surface area contributed by atoms with E-state index >= 15 is 0 Å². The quantitative estimate of drug-likeness (QED) is 0.357. The molecule has 5 rings (SSSR count). The molecular formula is C27H25N5O2. The van der Waals surface area contributed by atoms with Gasteiger partial charge in [0.25, 0.3) is 11.8 Å². The molecule has 7 heteroatoms. The summed E-state index contributed by atoms with van der Waals surface area (Å²) in [6, 6.07) is 22.5. The number of hydrogen-bond acceptors (Lipinski definition) is 4. The molecule has 0 saturated heterocycles. The Kier molecular flexibility index (Phi) is 6.18. The van der Waals surface area contributed by atoms with Gasteiger partial charge in [0.1, 0.15) is 0 Å². The van der Waals surface area contributed by atoms with E-state index in [1.807, 2.05) is 48.5 Å². The molecule has 34 heavy (non-hydrogen) atoms. The summed E-state index contributed by atoms with van der Waals surface area (Å²) >= 11 is 0. The maximum atomic E-state index is 12.8. The molecule has 0 saturated carbocycles. The lowest BCUT2D eigenvalue weighted by atomic mass is 10.0. The van der Waals surface area contributed by atoms with Crippen molar-refractivity contribution in [1.82, 2.24) is 20.8 Å². The number of anilines is 1. The first-order chi connectivity index (χ1) is 16.7. The fraction of sp³-hybridized carbons (Fsp3) is 0.148. The first-order valence-electron chi connectivity index (χ1n) is 11.3. The number of H-pyrrole nitrogens is 1. The SMILES string of the molecule is O=C(NCc1cccc(C(=O)Nc2ccc3c(c2)CNCC3)c1)c1cccc(-c2cc[nH]n2)c1. The predicted molar refractivity (Wildman–Crippen MR) is 131 cm³/mol. The van der Waals surface area contributed by atoms with E-state index < -0.39 is 0 Å². The Balaban J connectivity index is 1.22. The lowest BCUT2D eigenvalue weighted by molar-refractivity contribution is 0.0950. The number of carbonyl (C=O) groups excluding carboxylic acids is 2. The Bertz CT molecular complexity index is 1330. The number of carbonyl (C=O) groups is 2. The Morgan fingerprint density at radius 2 is 1.74 bits per heavy atom. The average molecular weight is 452 g/mol. The Morgan fingerprint density at radius 3 is 2.59 bits per heavy atom. The molecular weight excluding hydrogens is 426 g/mol. The smallest absolute Gasteiger partial charge is 0.255 e. The molecule has 170 valence electrons. The molecule has 0 spiro atoms. The maximum Gasteiger partial charge on any atom is 0.255 e. The van der Waals surface area contributed by atoms with Crippen molar-refractivity contribution in [3.63, 3.8) is 0 Å². The van der Waals surface area contributed by atoms with Crippen LogP contribution in [0.4, 0.5) is 5.69 Å². The number of aromatic nitrogens is 2. The number of fused-ring (bicyclic) bond motifs is 1. The molecule has 3 aromatic carbocycles. The minimum atomic E-state index is -0.185. The Labute approximate surface area is 197 Å². The van der Waals surface area contributed by atoms with Crippen molar-refractivity contribution in [2.75, 3.05) is 11.9 Å². The van der Waals surface area contributed by atoms with Crippen molar-refractivity contribution in [1.29, 1.82) is 0 Å². The van der Waals surface area contributed by atoms with E-state index in [1.165, 1.54) is 11.1 Å². The highest BCUT2D eigenvalue weighted by molar-refractivity contribution is 6.04. The van der Waals surface area contributed by atoms with Gasteiger partial charge in [-0.1, -0.05) is 30.3 Å². The fourth-order valence-electron chi connectivity index (χ4n) is 4.11. The molecule has 0 fully saturated rings. The van der Waals surface area contributed by atoms with E-state index in [0.29, 0.717) is 17.7 Å². The highest BCUT2D eigenvalue weighted by atomic mass is 16.2. The zero-order valence-corrected chi connectivity index (χ0v) is 18.6. The highest BCUT2D eigenvalue weighted by Crippen LogP contribution is 2.20. The topological polar surface area (TPSA) is 98.9 Å². The second-order valence-electron chi connectivity index (χ2n) is 8.29. The normalized spacial score (nSPS) is 12.6. The molecule has 0 atom stereocenters. The van der Waals surface area contributed by atoms with Gasteiger partial charge in [0.15, 0.2) is 0 Å². The van der Waals surface area contributed by atoms with Crippen LogP contribution in [0.1, 0.15) is 37.4 Å². The summed E-state index contributed by atoms with van der Waals surface area (Å²) in [5.41, 5.74) is 6.91. The summed E-state index contributed by atoms with van der Waals surface area (Å²) in [5.74, 6) is -0.362. The zero-order valence-electron chi connectivity index (χ0n) is 18.6. The second kappa shape index (κ2) is 9.72. The maximum absolute atomic E-state index is 12.8. The minimum absolute atomic E-state index is 0.177. The fourth-order valence-corrected chi connectivity index (χ4v) is 4.11. The van der Waals surface area contributed by atoms with E-state index in [-0.39, 0.29) is 11.8 Å². The van der Waals surface area contributed by atoms with Crippen molar-refractivity contribution in [3.05, 3.63) is 107 Å². The van der Waals surface area contributed by atoms with E-state index in [0.717, 1.165) is 42.0 Å². The molecule has 1 aromatic heterocycles. The largest absolute Gasteiger partial charge is 0.348 e. The van der Waals surface area contributed by atoms with E-state index in [2.05, 4.69) is 32.2 Å². The monoisotopic (exact) mass is 451 g/mol. The number of nitrogens with one attached hydrogen (secondary N) is 4. The molecule has 0 radical (unpaired) electrons. The van der Waals surface area contributed by atoms with Crippen LogP contribution in [-0.4, -0.2) is 28.6 Å². The summed E-state index contributed by atoms with van der Waals surface area (Å²) in [6.07, 6.45) is 2.75. The van der Waals surface area contributed by atoms with Gasteiger partial charge < -0.3 is 16.0 Å². The molecule has 2 amide bonds. The first-order valence-corrected chi connectivity index (χ1v) is 11.3. The van der Waals surface area contributed by atoms with Gasteiger partial charge in [0.05, 0.1) is 5.69 Å². The van der Waals surface area contributed by atoms with Crippen LogP contribution in [0.3, 0.4) is 0 Å². The Hall–Kier alpha value is -4.23. The standard InChI is InChI=1S/C27H25N5O2/c33-26(22-6-2-4-20(14-22)25-10-12-30-32-25)29-16-18-3-1-5-21(13-18)27(34)31-24-8-7-19-9-11-28-17-23(19)15-24/h1-8,10,12-15,28H,9,11,16-17H2,(H,29,33)(H,30,32)(H,31,34). The van der Waals surface area contributed by atoms with Gasteiger partial charge in [0.2, 0.25) is 0 Å². The first kappa shape index (κ1) is 21.6. The molecule has 0 bridgehead atoms. The van der Waals surface area contributed by atoms with Gasteiger partial charge in [-0.05, 0) is 72.1 Å². The van der Waals surface area contributed by atoms with Crippen molar-refractivity contribution < 1.29 is 9.59 Å². The molecule has 2 heterocycles. The number of amides is 2. The average Bonchev–Trinajstić information content (AvgIpc) is 3.43. The summed E-state index contributed by atoms with van der Waals surface area (Å²) in [7, 11) is 0. The molecule has 1 aliphatic heterocycles. The van der Waals surface area contributed by atoms with Crippen LogP contribution in [0.15, 0.2) is 79.0 Å². The highest BCUT2D eigenvalue weighted by Gasteiger charge is 2.12. The zero-order chi connectivity index (χ0) is 23.3. The lowest BCUT2D eigenvalue weighted by Crippen LogP contribution is -2.24. The van der Waals surface area contributed by atoms with E-state index in [1.54, 1.807) is 24.4 Å². The van der Waals surface area contributed by atoms with E-state index in [9.17, 15) is 9.59 Å². The van der Waals surface area contributed by atoms with Crippen LogP contribution in [0, 0.1) is 0 Å². The van der Waals surface area contributed by atoms with Gasteiger partial charge in [-0.3, -0.25) is 14.7 Å². The van der Waals surface area contributed by atoms with Gasteiger partial charge >= 0.3 is 0 Å². The van der Waals surface area contributed by atoms with Crippen molar-refractivity contribution in [2.24, 2.45) is 0 Å². The molecule has 1 aliphatic rings. The number of rotatable bonds is 6. The third-order valence-corrected chi connectivity index (χ3v) is 5.91. The summed E-state index contributed by atoms with van der Waals surface area (Å²) in [6.45, 7) is 2.12. The number of hydrogen-bond donors (Lipinski definition) is 4. The van der Waals surface area contributed by atoms with Crippen LogP contribution in [0.5, 0.6) is 0 Å². The summed E-state index contributed by atoms with van der Waals surface area (Å²) in [5, 5.41) is 16.2. The molecule has 4 N–H and O–H groups in total. The van der Waals surface area contributed by atoms with E-state index in [4.69, 9.17) is 0 Å². The van der Waals surface area contributed by atoms with Crippen molar-refractivity contribution in [3.8, 4) is 11.3 Å². The van der Waals surface area contributed by atoms with Crippen molar-refractivity contribution >= 4 is 17.5 Å². The van der Waals surface area contributed by atoms with Crippen LogP contribution < -0.4 is 16.0 Å². The third kappa shape index (κ3) is 4.89. The van der Waals surface area contributed by atoms with Crippen LogP contribution in [0.2, 0.25) is 0 Å². The van der Waals surface area contributed by atoms with Gasteiger partial charge in [-0.15, -0.1) is 0 Å². The number of aromatic amines is 1. The van der Waals surface area contributed by atoms with Crippen LogP contribution >= 0.6 is 0 Å². The summed E-state index contributed by atoms with van der Waals surface area (Å²) < 4.78 is 0. The molecule has 0 unspecified atom stereocenters. The van der Waals surface area contributed by atoms with Crippen LogP contribution in [-0.2, 0) is 19.5 Å². The molecule has 4 aromatic rings. The summed E-state index contributed by atoms with van der Waals surface area (Å²) in [4.78, 5) is 25.5. The number of nitrogens with zero attached hydrogens (tertiary/aromatic N) is 1. The van der Waals surface area contributed by atoms with Crippen molar-refractivity contribution in [2.45, 2.75) is 19.5 Å².